The van der Waals surface area contributed by atoms with Crippen LogP contribution in [-0.2, 0) is 12.8 Å². The van der Waals surface area contributed by atoms with Crippen molar-refractivity contribution in [3.8, 4) is 16.9 Å². The number of nitrogens with zero attached hydrogens (tertiary/aromatic N) is 3. The molecule has 4 aromatic rings. The molecule has 2 aromatic heterocycles. The quantitative estimate of drug-likeness (QED) is 0.184. The number of benzene rings is 2. The zero-order valence-electron chi connectivity index (χ0n) is 23.7. The number of ketones is 1. The Morgan fingerprint density at radius 1 is 1.00 bits per heavy atom. The first-order chi connectivity index (χ1) is 19.5. The van der Waals surface area contributed by atoms with Gasteiger partial charge in [0.25, 0.3) is 5.91 Å². The van der Waals surface area contributed by atoms with E-state index in [1.54, 1.807) is 30.5 Å². The van der Waals surface area contributed by atoms with Crippen LogP contribution < -0.4 is 4.74 Å². The maximum absolute atomic E-state index is 13.4. The lowest BCUT2D eigenvalue weighted by atomic mass is 9.91. The van der Waals surface area contributed by atoms with Crippen LogP contribution in [0, 0.1) is 5.92 Å². The van der Waals surface area contributed by atoms with Gasteiger partial charge in [0.2, 0.25) is 0 Å². The van der Waals surface area contributed by atoms with Crippen LogP contribution in [0.25, 0.3) is 22.0 Å². The summed E-state index contributed by atoms with van der Waals surface area (Å²) in [5, 5.41) is 0.952. The van der Waals surface area contributed by atoms with Crippen molar-refractivity contribution >= 4 is 22.6 Å². The first-order valence-electron chi connectivity index (χ1n) is 14.3. The third-order valence-electron chi connectivity index (χ3n) is 7.77. The van der Waals surface area contributed by atoms with Crippen molar-refractivity contribution in [1.29, 1.82) is 0 Å². The van der Waals surface area contributed by atoms with E-state index in [0.717, 1.165) is 71.7 Å². The van der Waals surface area contributed by atoms with Crippen molar-refractivity contribution in [1.82, 2.24) is 14.9 Å². The number of amides is 1. The lowest BCUT2D eigenvalue weighted by molar-refractivity contribution is 0.0787. The second-order valence-corrected chi connectivity index (χ2v) is 10.8. The second kappa shape index (κ2) is 12.4. The maximum Gasteiger partial charge on any atom is 0.272 e. The van der Waals surface area contributed by atoms with E-state index in [-0.39, 0.29) is 11.7 Å². The number of carbonyl (C=O) groups is 2. The highest BCUT2D eigenvalue weighted by atomic mass is 16.5. The number of methoxy groups -OCH3 is 1. The average molecular weight is 536 g/mol. The molecule has 206 valence electrons. The number of fused-ring (bicyclic) bond motifs is 1. The molecule has 1 amide bonds. The summed E-state index contributed by atoms with van der Waals surface area (Å²) in [5.74, 6) is 1.27. The second-order valence-electron chi connectivity index (χ2n) is 10.8. The molecule has 1 aliphatic carbocycles. The van der Waals surface area contributed by atoms with Crippen molar-refractivity contribution in [2.45, 2.75) is 51.9 Å². The predicted octanol–water partition coefficient (Wildman–Crippen LogP) is 6.95. The number of carbonyl (C=O) groups excluding carboxylic acids is 2. The van der Waals surface area contributed by atoms with Crippen LogP contribution in [-0.4, -0.2) is 47.3 Å². The molecule has 0 N–H and O–H groups in total. The van der Waals surface area contributed by atoms with E-state index in [0.29, 0.717) is 30.3 Å². The van der Waals surface area contributed by atoms with Crippen LogP contribution in [0.2, 0.25) is 0 Å². The molecular formula is C34H37N3O3. The number of Topliss-reactive ketones (excluding diaryl/α,β-unsaturated/α-hetero) is 1. The largest absolute Gasteiger partial charge is 0.496 e. The number of ether oxygens (including phenoxy) is 1. The Hall–Kier alpha value is -4.06. The molecule has 1 aliphatic rings. The first-order valence-corrected chi connectivity index (χ1v) is 14.3. The minimum atomic E-state index is -0.0864. The summed E-state index contributed by atoms with van der Waals surface area (Å²) in [7, 11) is 3.45. The van der Waals surface area contributed by atoms with Crippen LogP contribution in [0.3, 0.4) is 0 Å². The molecular weight excluding hydrogens is 498 g/mol. The topological polar surface area (TPSA) is 72.4 Å². The molecule has 0 saturated heterocycles. The lowest BCUT2D eigenvalue weighted by Crippen LogP contribution is -2.28. The molecule has 40 heavy (non-hydrogen) atoms. The highest BCUT2D eigenvalue weighted by Gasteiger charge is 2.27. The van der Waals surface area contributed by atoms with E-state index in [2.05, 4.69) is 30.1 Å². The van der Waals surface area contributed by atoms with Gasteiger partial charge < -0.3 is 9.64 Å². The minimum Gasteiger partial charge on any atom is -0.496 e. The molecule has 1 fully saturated rings. The van der Waals surface area contributed by atoms with Crippen molar-refractivity contribution in [2.24, 2.45) is 5.92 Å². The van der Waals surface area contributed by atoms with E-state index in [1.165, 1.54) is 5.56 Å². The number of unbranched alkanes of at least 4 members (excludes halogenated alkanes) is 1. The molecule has 0 unspecified atom stereocenters. The van der Waals surface area contributed by atoms with Gasteiger partial charge in [0.1, 0.15) is 11.4 Å². The van der Waals surface area contributed by atoms with Crippen molar-refractivity contribution in [2.75, 3.05) is 20.7 Å². The van der Waals surface area contributed by atoms with Crippen LogP contribution in [0.15, 0.2) is 67.0 Å². The zero-order valence-corrected chi connectivity index (χ0v) is 23.7. The van der Waals surface area contributed by atoms with Crippen LogP contribution in [0.4, 0.5) is 0 Å². The van der Waals surface area contributed by atoms with Crippen LogP contribution in [0.5, 0.6) is 5.75 Å². The average Bonchev–Trinajstić information content (AvgIpc) is 3.82. The highest BCUT2D eigenvalue weighted by molar-refractivity contribution is 6.03. The van der Waals surface area contributed by atoms with Gasteiger partial charge in [-0.3, -0.25) is 19.6 Å². The van der Waals surface area contributed by atoms with Gasteiger partial charge in [-0.05, 0) is 61.3 Å². The summed E-state index contributed by atoms with van der Waals surface area (Å²) >= 11 is 0. The van der Waals surface area contributed by atoms with Crippen molar-refractivity contribution < 1.29 is 14.3 Å². The summed E-state index contributed by atoms with van der Waals surface area (Å²) in [6, 6.07) is 18.0. The molecule has 1 saturated carbocycles. The molecule has 0 radical (unpaired) electrons. The maximum atomic E-state index is 13.4. The Bertz CT molecular complexity index is 1490. The Morgan fingerprint density at radius 2 is 1.80 bits per heavy atom. The smallest absolute Gasteiger partial charge is 0.272 e. The third kappa shape index (κ3) is 6.22. The summed E-state index contributed by atoms with van der Waals surface area (Å²) < 4.78 is 5.77. The molecule has 0 aliphatic heterocycles. The summed E-state index contributed by atoms with van der Waals surface area (Å²) in [5.41, 5.74) is 5.89. The number of hydrogen-bond acceptors (Lipinski definition) is 5. The van der Waals surface area contributed by atoms with E-state index in [4.69, 9.17) is 9.72 Å². The minimum absolute atomic E-state index is 0.0864. The molecule has 6 nitrogen and oxygen atoms in total. The van der Waals surface area contributed by atoms with Gasteiger partial charge in [0.05, 0.1) is 12.6 Å². The normalized spacial score (nSPS) is 12.9. The molecule has 0 atom stereocenters. The summed E-state index contributed by atoms with van der Waals surface area (Å²) in [4.78, 5) is 37.1. The van der Waals surface area contributed by atoms with Crippen molar-refractivity contribution in [3.05, 3.63) is 89.4 Å². The summed E-state index contributed by atoms with van der Waals surface area (Å²) in [6.07, 6.45) is 9.88. The van der Waals surface area contributed by atoms with Gasteiger partial charge >= 0.3 is 0 Å². The van der Waals surface area contributed by atoms with Gasteiger partial charge in [-0.2, -0.15) is 0 Å². The fourth-order valence-electron chi connectivity index (χ4n) is 5.16. The van der Waals surface area contributed by atoms with E-state index in [1.807, 2.05) is 37.4 Å². The van der Waals surface area contributed by atoms with Crippen LogP contribution in [0.1, 0.15) is 71.0 Å². The lowest BCUT2D eigenvalue weighted by Gasteiger charge is -2.17. The predicted molar refractivity (Wildman–Crippen MR) is 159 cm³/mol. The Kier molecular flexibility index (Phi) is 8.54. The molecule has 2 aromatic carbocycles. The number of aryl methyl sites for hydroxylation is 2. The fraction of sp³-hybridized carbons (Fsp3) is 0.353. The third-order valence-corrected chi connectivity index (χ3v) is 7.77. The molecule has 2 heterocycles. The standard InChI is InChI=1S/C34H37N3O3/c1-4-5-17-37(2)34(39)30-16-14-25(21-35-30)27-19-28-26(15-13-23-9-7-6-8-10-23)29(32(38)18-24-11-12-24)22-36-31(28)20-33(27)40-3/h6-10,14,16,19-22,24H,4-5,11-13,15,17-18H2,1-3H3. The van der Waals surface area contributed by atoms with Gasteiger partial charge in [0.15, 0.2) is 5.78 Å². The molecule has 0 spiro atoms. The van der Waals surface area contributed by atoms with E-state index >= 15 is 0 Å². The van der Waals surface area contributed by atoms with Crippen LogP contribution >= 0.6 is 0 Å². The van der Waals surface area contributed by atoms with Gasteiger partial charge in [0, 0.05) is 60.5 Å². The van der Waals surface area contributed by atoms with Gasteiger partial charge in [-0.25, -0.2) is 0 Å². The number of pyridine rings is 2. The Morgan fingerprint density at radius 3 is 2.48 bits per heavy atom. The number of hydrogen-bond donors (Lipinski definition) is 0. The van der Waals surface area contributed by atoms with Crippen molar-refractivity contribution in [3.63, 3.8) is 0 Å². The van der Waals surface area contributed by atoms with E-state index < -0.39 is 0 Å². The molecule has 5 rings (SSSR count). The first kappa shape index (κ1) is 27.5. The molecule has 6 heteroatoms. The Labute approximate surface area is 236 Å². The van der Waals surface area contributed by atoms with Gasteiger partial charge in [-0.1, -0.05) is 49.7 Å². The monoisotopic (exact) mass is 535 g/mol. The Balaban J connectivity index is 1.54. The number of rotatable bonds is 12. The highest BCUT2D eigenvalue weighted by Crippen LogP contribution is 2.38. The van der Waals surface area contributed by atoms with E-state index in [9.17, 15) is 9.59 Å². The SMILES string of the molecule is CCCCN(C)C(=O)c1ccc(-c2cc3c(CCc4ccccc4)c(C(=O)CC4CC4)cnc3cc2OC)cn1. The zero-order chi connectivity index (χ0) is 28.1. The molecule has 0 bridgehead atoms. The summed E-state index contributed by atoms with van der Waals surface area (Å²) in [6.45, 7) is 2.81. The fourth-order valence-corrected chi connectivity index (χ4v) is 5.16. The van der Waals surface area contributed by atoms with Gasteiger partial charge in [-0.15, -0.1) is 0 Å². The number of aromatic nitrogens is 2.